The third kappa shape index (κ3) is 4.89. The summed E-state index contributed by atoms with van der Waals surface area (Å²) in [6.07, 6.45) is 6.37. The molecular formula is C21H22N4O2. The summed E-state index contributed by atoms with van der Waals surface area (Å²) in [4.78, 5) is 22.4. The lowest BCUT2D eigenvalue weighted by molar-refractivity contribution is -0.127. The van der Waals surface area contributed by atoms with Crippen molar-refractivity contribution < 1.29 is 9.53 Å². The van der Waals surface area contributed by atoms with E-state index in [-0.39, 0.29) is 11.9 Å². The number of amides is 1. The summed E-state index contributed by atoms with van der Waals surface area (Å²) in [6.45, 7) is 1.47. The SMILES string of the molecule is COCCN(Cc1cccc2ccccc12)C(=O)/C=C/c1cnc(N)nc1. The summed E-state index contributed by atoms with van der Waals surface area (Å²) < 4.78 is 5.17. The van der Waals surface area contributed by atoms with E-state index >= 15 is 0 Å². The number of carbonyl (C=O) groups excluding carboxylic acids is 1. The highest BCUT2D eigenvalue weighted by Crippen LogP contribution is 2.20. The van der Waals surface area contributed by atoms with E-state index in [1.54, 1.807) is 30.5 Å². The first kappa shape index (κ1) is 18.5. The summed E-state index contributed by atoms with van der Waals surface area (Å²) in [5.74, 6) is 0.105. The molecule has 0 unspecified atom stereocenters. The van der Waals surface area contributed by atoms with Gasteiger partial charge in [0.05, 0.1) is 6.61 Å². The average molecular weight is 362 g/mol. The molecule has 0 bridgehead atoms. The standard InChI is InChI=1S/C21H22N4O2/c1-27-12-11-25(20(26)10-9-16-13-23-21(22)24-14-16)15-18-7-4-6-17-5-2-3-8-19(17)18/h2-10,13-14H,11-12,15H2,1H3,(H2,22,23,24)/b10-9+. The fraction of sp³-hybridized carbons (Fsp3) is 0.190. The van der Waals surface area contributed by atoms with Crippen LogP contribution in [0.15, 0.2) is 60.9 Å². The van der Waals surface area contributed by atoms with Gasteiger partial charge in [-0.15, -0.1) is 0 Å². The fourth-order valence-electron chi connectivity index (χ4n) is 2.81. The van der Waals surface area contributed by atoms with E-state index in [0.29, 0.717) is 19.7 Å². The lowest BCUT2D eigenvalue weighted by Crippen LogP contribution is -2.32. The molecule has 6 heteroatoms. The molecule has 1 aromatic heterocycles. The van der Waals surface area contributed by atoms with Gasteiger partial charge in [0, 0.05) is 44.2 Å². The number of nitrogen functional groups attached to an aromatic ring is 1. The first-order valence-corrected chi connectivity index (χ1v) is 8.67. The van der Waals surface area contributed by atoms with Crippen LogP contribution in [0.5, 0.6) is 0 Å². The number of ether oxygens (including phenoxy) is 1. The lowest BCUT2D eigenvalue weighted by atomic mass is 10.0. The van der Waals surface area contributed by atoms with Crippen molar-refractivity contribution in [3.8, 4) is 0 Å². The Hall–Kier alpha value is -3.25. The van der Waals surface area contributed by atoms with Crippen molar-refractivity contribution in [2.45, 2.75) is 6.54 Å². The average Bonchev–Trinajstić information content (AvgIpc) is 2.70. The van der Waals surface area contributed by atoms with E-state index in [0.717, 1.165) is 21.9 Å². The van der Waals surface area contributed by atoms with Gasteiger partial charge in [0.25, 0.3) is 0 Å². The van der Waals surface area contributed by atoms with Crippen LogP contribution in [0, 0.1) is 0 Å². The Bertz CT molecular complexity index is 933. The van der Waals surface area contributed by atoms with E-state index in [1.807, 2.05) is 24.3 Å². The van der Waals surface area contributed by atoms with Crippen LogP contribution in [0.3, 0.4) is 0 Å². The second kappa shape index (κ2) is 8.91. The molecule has 3 aromatic rings. The van der Waals surface area contributed by atoms with Crippen LogP contribution < -0.4 is 5.73 Å². The van der Waals surface area contributed by atoms with Crippen molar-refractivity contribution in [3.05, 3.63) is 72.1 Å². The number of fused-ring (bicyclic) bond motifs is 1. The predicted molar refractivity (Wildman–Crippen MR) is 107 cm³/mol. The number of carbonyl (C=O) groups is 1. The molecule has 138 valence electrons. The molecule has 0 saturated carbocycles. The molecule has 0 aliphatic carbocycles. The Morgan fingerprint density at radius 3 is 2.67 bits per heavy atom. The molecule has 0 radical (unpaired) electrons. The Morgan fingerprint density at radius 1 is 1.15 bits per heavy atom. The number of methoxy groups -OCH3 is 1. The fourth-order valence-corrected chi connectivity index (χ4v) is 2.81. The smallest absolute Gasteiger partial charge is 0.246 e. The molecule has 3 rings (SSSR count). The van der Waals surface area contributed by atoms with Crippen LogP contribution >= 0.6 is 0 Å². The van der Waals surface area contributed by atoms with E-state index in [4.69, 9.17) is 10.5 Å². The van der Waals surface area contributed by atoms with Crippen LogP contribution in [0.25, 0.3) is 16.8 Å². The molecule has 0 atom stereocenters. The van der Waals surface area contributed by atoms with E-state index < -0.39 is 0 Å². The third-order valence-corrected chi connectivity index (χ3v) is 4.23. The summed E-state index contributed by atoms with van der Waals surface area (Å²) in [5, 5.41) is 2.30. The molecule has 0 spiro atoms. The zero-order chi connectivity index (χ0) is 19.1. The Morgan fingerprint density at radius 2 is 1.89 bits per heavy atom. The van der Waals surface area contributed by atoms with E-state index in [9.17, 15) is 4.79 Å². The van der Waals surface area contributed by atoms with Crippen LogP contribution in [0.4, 0.5) is 5.95 Å². The Balaban J connectivity index is 1.80. The Kier molecular flexibility index (Phi) is 6.12. The summed E-state index contributed by atoms with van der Waals surface area (Å²) in [7, 11) is 1.63. The molecule has 1 amide bonds. The number of hydrogen-bond acceptors (Lipinski definition) is 5. The van der Waals surface area contributed by atoms with Crippen molar-refractivity contribution in [1.82, 2.24) is 14.9 Å². The minimum atomic E-state index is -0.100. The molecule has 2 aromatic carbocycles. The van der Waals surface area contributed by atoms with Gasteiger partial charge in [-0.2, -0.15) is 0 Å². The quantitative estimate of drug-likeness (QED) is 0.654. The van der Waals surface area contributed by atoms with Crippen LogP contribution in [-0.4, -0.2) is 41.0 Å². The van der Waals surface area contributed by atoms with Gasteiger partial charge >= 0.3 is 0 Å². The molecule has 27 heavy (non-hydrogen) atoms. The molecule has 2 N–H and O–H groups in total. The summed E-state index contributed by atoms with van der Waals surface area (Å²) in [6, 6.07) is 14.3. The minimum absolute atomic E-state index is 0.100. The lowest BCUT2D eigenvalue weighted by Gasteiger charge is -2.22. The summed E-state index contributed by atoms with van der Waals surface area (Å²) in [5.41, 5.74) is 7.30. The van der Waals surface area contributed by atoms with Crippen molar-refractivity contribution in [2.24, 2.45) is 0 Å². The zero-order valence-corrected chi connectivity index (χ0v) is 15.2. The van der Waals surface area contributed by atoms with Gasteiger partial charge in [-0.05, 0) is 22.4 Å². The van der Waals surface area contributed by atoms with Crippen molar-refractivity contribution in [2.75, 3.05) is 26.0 Å². The Labute approximate surface area is 158 Å². The number of hydrogen-bond donors (Lipinski definition) is 1. The summed E-state index contributed by atoms with van der Waals surface area (Å²) >= 11 is 0. The van der Waals surface area contributed by atoms with Crippen LogP contribution in [-0.2, 0) is 16.1 Å². The van der Waals surface area contributed by atoms with Gasteiger partial charge in [-0.25, -0.2) is 9.97 Å². The van der Waals surface area contributed by atoms with Gasteiger partial charge in [0.2, 0.25) is 11.9 Å². The molecule has 0 saturated heterocycles. The van der Waals surface area contributed by atoms with Crippen molar-refractivity contribution in [3.63, 3.8) is 0 Å². The highest BCUT2D eigenvalue weighted by atomic mass is 16.5. The number of nitrogens with zero attached hydrogens (tertiary/aromatic N) is 3. The highest BCUT2D eigenvalue weighted by molar-refractivity contribution is 5.92. The monoisotopic (exact) mass is 362 g/mol. The highest BCUT2D eigenvalue weighted by Gasteiger charge is 2.13. The topological polar surface area (TPSA) is 81.3 Å². The molecule has 0 aliphatic heterocycles. The number of nitrogens with two attached hydrogens (primary N) is 1. The third-order valence-electron chi connectivity index (χ3n) is 4.23. The van der Waals surface area contributed by atoms with Crippen LogP contribution in [0.2, 0.25) is 0 Å². The normalized spacial score (nSPS) is 11.1. The minimum Gasteiger partial charge on any atom is -0.383 e. The molecule has 1 heterocycles. The maximum absolute atomic E-state index is 12.7. The first-order chi connectivity index (χ1) is 13.2. The van der Waals surface area contributed by atoms with Crippen molar-refractivity contribution >= 4 is 28.7 Å². The predicted octanol–water partition coefficient (Wildman–Crippen LogP) is 2.90. The second-order valence-corrected chi connectivity index (χ2v) is 6.10. The van der Waals surface area contributed by atoms with E-state index in [2.05, 4.69) is 28.2 Å². The van der Waals surface area contributed by atoms with Crippen LogP contribution in [0.1, 0.15) is 11.1 Å². The zero-order valence-electron chi connectivity index (χ0n) is 15.2. The maximum Gasteiger partial charge on any atom is 0.246 e. The number of anilines is 1. The van der Waals surface area contributed by atoms with E-state index in [1.165, 1.54) is 6.08 Å². The maximum atomic E-state index is 12.7. The van der Waals surface area contributed by atoms with Gasteiger partial charge < -0.3 is 15.4 Å². The number of rotatable bonds is 7. The number of benzene rings is 2. The van der Waals surface area contributed by atoms with Gasteiger partial charge in [-0.3, -0.25) is 4.79 Å². The largest absolute Gasteiger partial charge is 0.383 e. The van der Waals surface area contributed by atoms with Gasteiger partial charge in [-0.1, -0.05) is 42.5 Å². The molecular weight excluding hydrogens is 340 g/mol. The number of aromatic nitrogens is 2. The molecule has 6 nitrogen and oxygen atoms in total. The second-order valence-electron chi connectivity index (χ2n) is 6.10. The van der Waals surface area contributed by atoms with Crippen molar-refractivity contribution in [1.29, 1.82) is 0 Å². The molecule has 0 fully saturated rings. The molecule has 0 aliphatic rings. The first-order valence-electron chi connectivity index (χ1n) is 8.67. The van der Waals surface area contributed by atoms with Gasteiger partial charge in [0.15, 0.2) is 0 Å². The van der Waals surface area contributed by atoms with Gasteiger partial charge in [0.1, 0.15) is 0 Å².